The molecule has 0 spiro atoms. The van der Waals surface area contributed by atoms with Crippen LogP contribution in [-0.2, 0) is 4.79 Å². The van der Waals surface area contributed by atoms with Crippen LogP contribution in [0.2, 0.25) is 0 Å². The second kappa shape index (κ2) is 8.63. The van der Waals surface area contributed by atoms with Gasteiger partial charge in [-0.3, -0.25) is 9.69 Å². The molecule has 0 aromatic heterocycles. The molecule has 0 aliphatic rings. The molecule has 1 atom stereocenters. The van der Waals surface area contributed by atoms with E-state index in [1.807, 2.05) is 6.92 Å². The van der Waals surface area contributed by atoms with Gasteiger partial charge in [-0.1, -0.05) is 6.92 Å². The molecule has 0 radical (unpaired) electrons. The summed E-state index contributed by atoms with van der Waals surface area (Å²) in [6.45, 7) is 18.7. The SMILES string of the molecule is CCC(C)(C)NC(=O)C(C)NCCN(C(C)C)C(C)C. The van der Waals surface area contributed by atoms with Gasteiger partial charge in [-0.15, -0.1) is 0 Å². The largest absolute Gasteiger partial charge is 0.350 e. The van der Waals surface area contributed by atoms with Crippen molar-refractivity contribution in [2.75, 3.05) is 13.1 Å². The van der Waals surface area contributed by atoms with Crippen molar-refractivity contribution in [3.8, 4) is 0 Å². The number of nitrogens with zero attached hydrogens (tertiary/aromatic N) is 1. The first kappa shape index (κ1) is 19.4. The molecule has 0 fully saturated rings. The van der Waals surface area contributed by atoms with Crippen molar-refractivity contribution in [3.63, 3.8) is 0 Å². The third kappa shape index (κ3) is 7.25. The van der Waals surface area contributed by atoms with Crippen molar-refractivity contribution in [1.29, 1.82) is 0 Å². The molecule has 120 valence electrons. The van der Waals surface area contributed by atoms with Crippen molar-refractivity contribution in [3.05, 3.63) is 0 Å². The van der Waals surface area contributed by atoms with Crippen LogP contribution in [0.4, 0.5) is 0 Å². The fourth-order valence-electron chi connectivity index (χ4n) is 2.15. The van der Waals surface area contributed by atoms with Crippen molar-refractivity contribution in [2.24, 2.45) is 0 Å². The lowest BCUT2D eigenvalue weighted by molar-refractivity contribution is -0.124. The van der Waals surface area contributed by atoms with Crippen molar-refractivity contribution < 1.29 is 4.79 Å². The molecular weight excluding hydrogens is 250 g/mol. The van der Waals surface area contributed by atoms with Crippen LogP contribution in [0.25, 0.3) is 0 Å². The molecule has 0 aromatic rings. The zero-order chi connectivity index (χ0) is 15.9. The molecule has 0 aliphatic carbocycles. The van der Waals surface area contributed by atoms with Gasteiger partial charge in [0.15, 0.2) is 0 Å². The van der Waals surface area contributed by atoms with E-state index in [2.05, 4.69) is 64.0 Å². The van der Waals surface area contributed by atoms with Crippen LogP contribution in [0, 0.1) is 0 Å². The summed E-state index contributed by atoms with van der Waals surface area (Å²) in [5.74, 6) is 0.0810. The molecule has 1 amide bonds. The van der Waals surface area contributed by atoms with E-state index in [4.69, 9.17) is 0 Å². The smallest absolute Gasteiger partial charge is 0.237 e. The standard InChI is InChI=1S/C16H35N3O/c1-9-16(7,8)18-15(20)14(6)17-10-11-19(12(2)3)13(4)5/h12-14,17H,9-11H2,1-8H3,(H,18,20). The minimum absolute atomic E-state index is 0.0810. The minimum Gasteiger partial charge on any atom is -0.350 e. The molecule has 20 heavy (non-hydrogen) atoms. The number of carbonyl (C=O) groups excluding carboxylic acids is 1. The monoisotopic (exact) mass is 285 g/mol. The van der Waals surface area contributed by atoms with Gasteiger partial charge < -0.3 is 10.6 Å². The summed E-state index contributed by atoms with van der Waals surface area (Å²) in [6, 6.07) is 0.905. The lowest BCUT2D eigenvalue weighted by atomic mass is 10.0. The minimum atomic E-state index is -0.151. The van der Waals surface area contributed by atoms with E-state index < -0.39 is 0 Å². The molecule has 1 unspecified atom stereocenters. The lowest BCUT2D eigenvalue weighted by Gasteiger charge is -2.31. The summed E-state index contributed by atoms with van der Waals surface area (Å²) in [4.78, 5) is 14.5. The third-order valence-electron chi connectivity index (χ3n) is 3.89. The lowest BCUT2D eigenvalue weighted by Crippen LogP contribution is -2.52. The Morgan fingerprint density at radius 3 is 2.00 bits per heavy atom. The van der Waals surface area contributed by atoms with Gasteiger partial charge in [-0.25, -0.2) is 0 Å². The second-order valence-electron chi connectivity index (χ2n) is 6.83. The summed E-state index contributed by atoms with van der Waals surface area (Å²) in [5.41, 5.74) is -0.130. The van der Waals surface area contributed by atoms with Gasteiger partial charge in [-0.2, -0.15) is 0 Å². The molecule has 4 nitrogen and oxygen atoms in total. The highest BCUT2D eigenvalue weighted by atomic mass is 16.2. The fraction of sp³-hybridized carbons (Fsp3) is 0.938. The first-order valence-corrected chi connectivity index (χ1v) is 7.92. The summed E-state index contributed by atoms with van der Waals surface area (Å²) in [6.07, 6.45) is 0.930. The zero-order valence-corrected chi connectivity index (χ0v) is 14.7. The van der Waals surface area contributed by atoms with Crippen LogP contribution in [0.5, 0.6) is 0 Å². The van der Waals surface area contributed by atoms with Gasteiger partial charge in [-0.05, 0) is 54.9 Å². The first-order chi connectivity index (χ1) is 9.10. The van der Waals surface area contributed by atoms with E-state index in [-0.39, 0.29) is 17.5 Å². The maximum Gasteiger partial charge on any atom is 0.237 e. The average Bonchev–Trinajstić information content (AvgIpc) is 2.32. The maximum absolute atomic E-state index is 12.1. The number of nitrogens with one attached hydrogen (secondary N) is 2. The molecule has 0 rings (SSSR count). The molecular formula is C16H35N3O. The Morgan fingerprint density at radius 1 is 1.10 bits per heavy atom. The highest BCUT2D eigenvalue weighted by Crippen LogP contribution is 2.07. The van der Waals surface area contributed by atoms with E-state index in [0.29, 0.717) is 12.1 Å². The summed E-state index contributed by atoms with van der Waals surface area (Å²) < 4.78 is 0. The number of hydrogen-bond donors (Lipinski definition) is 2. The Morgan fingerprint density at radius 2 is 1.60 bits per heavy atom. The molecule has 0 aliphatic heterocycles. The number of hydrogen-bond acceptors (Lipinski definition) is 3. The summed E-state index contributed by atoms with van der Waals surface area (Å²) in [5, 5.41) is 6.39. The van der Waals surface area contributed by atoms with Crippen LogP contribution in [0.15, 0.2) is 0 Å². The summed E-state index contributed by atoms with van der Waals surface area (Å²) in [7, 11) is 0. The van der Waals surface area contributed by atoms with E-state index in [1.165, 1.54) is 0 Å². The number of amides is 1. The number of carbonyl (C=O) groups is 1. The Bertz CT molecular complexity index is 279. The quantitative estimate of drug-likeness (QED) is 0.684. The van der Waals surface area contributed by atoms with Crippen molar-refractivity contribution in [2.45, 2.75) is 85.5 Å². The summed E-state index contributed by atoms with van der Waals surface area (Å²) >= 11 is 0. The highest BCUT2D eigenvalue weighted by molar-refractivity contribution is 5.81. The van der Waals surface area contributed by atoms with Gasteiger partial charge in [0.2, 0.25) is 5.91 Å². The Kier molecular flexibility index (Phi) is 8.36. The second-order valence-corrected chi connectivity index (χ2v) is 6.83. The zero-order valence-electron chi connectivity index (χ0n) is 14.7. The van der Waals surface area contributed by atoms with Gasteiger partial charge in [0.05, 0.1) is 6.04 Å². The van der Waals surface area contributed by atoms with Crippen molar-refractivity contribution >= 4 is 5.91 Å². The van der Waals surface area contributed by atoms with Gasteiger partial charge in [0, 0.05) is 30.7 Å². The molecule has 0 saturated heterocycles. The third-order valence-corrected chi connectivity index (χ3v) is 3.89. The molecule has 0 saturated carbocycles. The fourth-order valence-corrected chi connectivity index (χ4v) is 2.15. The van der Waals surface area contributed by atoms with Gasteiger partial charge in [0.1, 0.15) is 0 Å². The molecule has 0 aromatic carbocycles. The molecule has 0 bridgehead atoms. The average molecular weight is 285 g/mol. The Labute approximate surface area is 125 Å². The molecule has 2 N–H and O–H groups in total. The first-order valence-electron chi connectivity index (χ1n) is 7.92. The van der Waals surface area contributed by atoms with Crippen molar-refractivity contribution in [1.82, 2.24) is 15.5 Å². The highest BCUT2D eigenvalue weighted by Gasteiger charge is 2.21. The van der Waals surface area contributed by atoms with Crippen LogP contribution < -0.4 is 10.6 Å². The maximum atomic E-state index is 12.1. The van der Waals surface area contributed by atoms with E-state index in [0.717, 1.165) is 19.5 Å². The Hall–Kier alpha value is -0.610. The molecule has 4 heteroatoms. The van der Waals surface area contributed by atoms with Crippen LogP contribution in [0.3, 0.4) is 0 Å². The topological polar surface area (TPSA) is 44.4 Å². The van der Waals surface area contributed by atoms with Gasteiger partial charge in [0.25, 0.3) is 0 Å². The van der Waals surface area contributed by atoms with E-state index in [1.54, 1.807) is 0 Å². The normalized spacial score (nSPS) is 14.2. The number of rotatable bonds is 9. The van der Waals surface area contributed by atoms with E-state index in [9.17, 15) is 4.79 Å². The predicted molar refractivity (Wildman–Crippen MR) is 87.0 cm³/mol. The van der Waals surface area contributed by atoms with E-state index >= 15 is 0 Å². The molecule has 0 heterocycles. The Balaban J connectivity index is 4.16. The predicted octanol–water partition coefficient (Wildman–Crippen LogP) is 2.39. The van der Waals surface area contributed by atoms with Crippen LogP contribution in [-0.4, -0.2) is 47.6 Å². The van der Waals surface area contributed by atoms with Crippen LogP contribution in [0.1, 0.15) is 61.8 Å². The van der Waals surface area contributed by atoms with Crippen LogP contribution >= 0.6 is 0 Å². The van der Waals surface area contributed by atoms with Gasteiger partial charge >= 0.3 is 0 Å².